The van der Waals surface area contributed by atoms with Gasteiger partial charge in [0.05, 0.1) is 5.69 Å². The highest BCUT2D eigenvalue weighted by Gasteiger charge is 2.22. The Morgan fingerprint density at radius 3 is 2.09 bits per heavy atom. The van der Waals surface area contributed by atoms with E-state index in [4.69, 9.17) is 8.83 Å². The van der Waals surface area contributed by atoms with Crippen molar-refractivity contribution >= 4 is 103 Å². The number of nitrogens with zero attached hydrogens (tertiary/aromatic N) is 1. The summed E-state index contributed by atoms with van der Waals surface area (Å²) in [6.45, 7) is 0. The zero-order chi connectivity index (χ0) is 28.8. The largest absolute Gasteiger partial charge is 0.456 e. The molecule has 0 spiro atoms. The van der Waals surface area contributed by atoms with Crippen LogP contribution in [0.4, 0.5) is 17.1 Å². The van der Waals surface area contributed by atoms with Gasteiger partial charge in [0.15, 0.2) is 0 Å². The summed E-state index contributed by atoms with van der Waals surface area (Å²) >= 11 is 1.82. The van der Waals surface area contributed by atoms with Crippen molar-refractivity contribution in [3.05, 3.63) is 140 Å². The van der Waals surface area contributed by atoms with Crippen LogP contribution < -0.4 is 4.90 Å². The highest BCUT2D eigenvalue weighted by molar-refractivity contribution is 7.26. The zero-order valence-electron chi connectivity index (χ0n) is 23.5. The summed E-state index contributed by atoms with van der Waals surface area (Å²) in [5, 5.41) is 9.28. The van der Waals surface area contributed by atoms with Gasteiger partial charge in [-0.15, -0.1) is 11.3 Å². The van der Waals surface area contributed by atoms with Gasteiger partial charge in [0.1, 0.15) is 22.3 Å². The van der Waals surface area contributed by atoms with Crippen molar-refractivity contribution in [2.24, 2.45) is 0 Å². The van der Waals surface area contributed by atoms with Crippen molar-refractivity contribution in [2.45, 2.75) is 0 Å². The first-order valence-corrected chi connectivity index (χ1v) is 15.6. The van der Waals surface area contributed by atoms with Gasteiger partial charge in [-0.2, -0.15) is 0 Å². The Hall–Kier alpha value is -5.58. The van der Waals surface area contributed by atoms with Crippen LogP contribution in [0.3, 0.4) is 0 Å². The van der Waals surface area contributed by atoms with Gasteiger partial charge < -0.3 is 13.7 Å². The molecule has 0 bridgehead atoms. The second-order valence-electron chi connectivity index (χ2n) is 11.3. The first kappa shape index (κ1) is 23.9. The van der Waals surface area contributed by atoms with E-state index in [1.165, 1.54) is 25.6 Å². The number of anilines is 3. The van der Waals surface area contributed by atoms with E-state index in [9.17, 15) is 0 Å². The lowest BCUT2D eigenvalue weighted by molar-refractivity contribution is 0.669. The van der Waals surface area contributed by atoms with E-state index in [0.29, 0.717) is 0 Å². The lowest BCUT2D eigenvalue weighted by atomic mass is 10.0. The Morgan fingerprint density at radius 1 is 0.432 bits per heavy atom. The lowest BCUT2D eigenvalue weighted by Gasteiger charge is -2.26. The van der Waals surface area contributed by atoms with Gasteiger partial charge in [0, 0.05) is 53.1 Å². The van der Waals surface area contributed by atoms with E-state index >= 15 is 0 Å². The predicted molar refractivity (Wildman–Crippen MR) is 186 cm³/mol. The molecule has 3 heterocycles. The summed E-state index contributed by atoms with van der Waals surface area (Å²) in [5.74, 6) is 0. The minimum absolute atomic E-state index is 0.888. The molecular formula is C40H23NO2S. The molecule has 10 aromatic rings. The van der Waals surface area contributed by atoms with Crippen LogP contribution in [0.25, 0.3) is 74.8 Å². The molecule has 0 radical (unpaired) electrons. The molecule has 0 fully saturated rings. The van der Waals surface area contributed by atoms with E-state index in [1.54, 1.807) is 0 Å². The Kier molecular flexibility index (Phi) is 4.87. The third-order valence-corrected chi connectivity index (χ3v) is 9.94. The maximum absolute atomic E-state index is 6.76. The van der Waals surface area contributed by atoms with Crippen LogP contribution >= 0.6 is 11.3 Å². The van der Waals surface area contributed by atoms with Crippen LogP contribution in [-0.4, -0.2) is 0 Å². The van der Waals surface area contributed by atoms with Crippen molar-refractivity contribution in [1.82, 2.24) is 0 Å². The maximum Gasteiger partial charge on any atom is 0.144 e. The summed E-state index contributed by atoms with van der Waals surface area (Å²) in [6.07, 6.45) is 0. The fourth-order valence-electron chi connectivity index (χ4n) is 6.85. The Labute approximate surface area is 255 Å². The molecule has 3 nitrogen and oxygen atoms in total. The van der Waals surface area contributed by atoms with Gasteiger partial charge >= 0.3 is 0 Å². The standard InChI is InChI=1S/C40H23NO2S/c1-2-11-26(12-3-1)41(27-17-19-34-31(23-27)28-13-6-7-15-33(28)42-34)32-14-8-16-36-38(32)39-37(44-36)20-18-29-30-21-24-9-4-5-10-25(24)22-35(30)43-40(29)39/h1-23H. The molecule has 0 aliphatic rings. The SMILES string of the molecule is c1ccc(N(c2ccc3oc4ccccc4c3c2)c2cccc3sc4ccc5c6cc7ccccc7cc6oc5c4c23)cc1. The van der Waals surface area contributed by atoms with Crippen molar-refractivity contribution < 1.29 is 8.83 Å². The molecule has 0 N–H and O–H groups in total. The third kappa shape index (κ3) is 3.37. The molecular weight excluding hydrogens is 559 g/mol. The molecule has 0 aliphatic heterocycles. The Morgan fingerprint density at radius 2 is 1.18 bits per heavy atom. The van der Waals surface area contributed by atoms with Crippen molar-refractivity contribution in [3.8, 4) is 0 Å². The number of hydrogen-bond donors (Lipinski definition) is 0. The van der Waals surface area contributed by atoms with E-state index < -0.39 is 0 Å². The molecule has 10 rings (SSSR count). The van der Waals surface area contributed by atoms with Gasteiger partial charge in [0.25, 0.3) is 0 Å². The van der Waals surface area contributed by atoms with Crippen LogP contribution in [0.1, 0.15) is 0 Å². The van der Waals surface area contributed by atoms with Crippen LogP contribution in [0, 0.1) is 0 Å². The molecule has 4 heteroatoms. The third-order valence-electron chi connectivity index (χ3n) is 8.82. The molecule has 0 atom stereocenters. The summed E-state index contributed by atoms with van der Waals surface area (Å²) in [4.78, 5) is 2.37. The number of fused-ring (bicyclic) bond motifs is 11. The summed E-state index contributed by atoms with van der Waals surface area (Å²) in [6, 6.07) is 49.4. The van der Waals surface area contributed by atoms with Gasteiger partial charge in [0.2, 0.25) is 0 Å². The fraction of sp³-hybridized carbons (Fsp3) is 0. The van der Waals surface area contributed by atoms with Crippen molar-refractivity contribution in [3.63, 3.8) is 0 Å². The van der Waals surface area contributed by atoms with Crippen LogP contribution in [0.15, 0.2) is 148 Å². The van der Waals surface area contributed by atoms with Crippen LogP contribution in [-0.2, 0) is 0 Å². The number of para-hydroxylation sites is 2. The minimum Gasteiger partial charge on any atom is -0.456 e. The number of benzene rings is 7. The first-order valence-electron chi connectivity index (χ1n) is 14.8. The summed E-state index contributed by atoms with van der Waals surface area (Å²) in [5.41, 5.74) is 6.93. The van der Waals surface area contributed by atoms with E-state index in [-0.39, 0.29) is 0 Å². The second kappa shape index (κ2) is 8.96. The fourth-order valence-corrected chi connectivity index (χ4v) is 7.97. The highest BCUT2D eigenvalue weighted by atomic mass is 32.1. The smallest absolute Gasteiger partial charge is 0.144 e. The molecule has 0 saturated carbocycles. The molecule has 0 saturated heterocycles. The quantitative estimate of drug-likeness (QED) is 0.208. The highest BCUT2D eigenvalue weighted by Crippen LogP contribution is 2.48. The zero-order valence-corrected chi connectivity index (χ0v) is 24.3. The molecule has 7 aromatic carbocycles. The van der Waals surface area contributed by atoms with Crippen LogP contribution in [0.2, 0.25) is 0 Å². The van der Waals surface area contributed by atoms with Gasteiger partial charge in [-0.05, 0) is 83.6 Å². The molecule has 0 unspecified atom stereocenters. The number of thiophene rings is 1. The summed E-state index contributed by atoms with van der Waals surface area (Å²) in [7, 11) is 0. The average Bonchev–Trinajstić information content (AvgIpc) is 3.75. The van der Waals surface area contributed by atoms with E-state index in [1.807, 2.05) is 23.5 Å². The van der Waals surface area contributed by atoms with E-state index in [2.05, 4.69) is 132 Å². The molecule has 44 heavy (non-hydrogen) atoms. The minimum atomic E-state index is 0.888. The second-order valence-corrected chi connectivity index (χ2v) is 12.4. The maximum atomic E-state index is 6.76. The number of rotatable bonds is 3. The normalized spacial score (nSPS) is 12.1. The topological polar surface area (TPSA) is 29.5 Å². The Bertz CT molecular complexity index is 2730. The predicted octanol–water partition coefficient (Wildman–Crippen LogP) is 12.5. The van der Waals surface area contributed by atoms with Crippen molar-refractivity contribution in [1.29, 1.82) is 0 Å². The van der Waals surface area contributed by atoms with Crippen molar-refractivity contribution in [2.75, 3.05) is 4.90 Å². The van der Waals surface area contributed by atoms with Gasteiger partial charge in [-0.1, -0.05) is 66.7 Å². The summed E-state index contributed by atoms with van der Waals surface area (Å²) < 4.78 is 15.4. The molecule has 3 aromatic heterocycles. The number of hydrogen-bond acceptors (Lipinski definition) is 4. The number of furan rings is 2. The Balaban J connectivity index is 1.30. The van der Waals surface area contributed by atoms with Crippen LogP contribution in [0.5, 0.6) is 0 Å². The van der Waals surface area contributed by atoms with E-state index in [0.717, 1.165) is 66.3 Å². The molecule has 0 amide bonds. The average molecular weight is 582 g/mol. The first-order chi connectivity index (χ1) is 21.8. The molecule has 206 valence electrons. The monoisotopic (exact) mass is 581 g/mol. The van der Waals surface area contributed by atoms with Gasteiger partial charge in [-0.3, -0.25) is 0 Å². The van der Waals surface area contributed by atoms with Gasteiger partial charge in [-0.25, -0.2) is 0 Å². The lowest BCUT2D eigenvalue weighted by Crippen LogP contribution is -2.10. The molecule has 0 aliphatic carbocycles.